The van der Waals surface area contributed by atoms with Crippen LogP contribution >= 0.6 is 11.6 Å². The third kappa shape index (κ3) is 4.36. The molecule has 3 rings (SSSR count). The predicted octanol–water partition coefficient (Wildman–Crippen LogP) is 3.28. The first kappa shape index (κ1) is 18.7. The Bertz CT molecular complexity index is 746. The maximum absolute atomic E-state index is 13.1. The molecule has 1 saturated heterocycles. The number of nitrogens with one attached hydrogen (secondary N) is 1. The number of anilines is 1. The Hall–Kier alpha value is -2.08. The van der Waals surface area contributed by atoms with Crippen LogP contribution in [-0.4, -0.2) is 56.0 Å². The number of methoxy groups -OCH3 is 1. The number of nitrogens with zero attached hydrogens (tertiary/aromatic N) is 2. The lowest BCUT2D eigenvalue weighted by Gasteiger charge is -2.37. The van der Waals surface area contributed by atoms with Crippen molar-refractivity contribution in [2.45, 2.75) is 6.04 Å². The summed E-state index contributed by atoms with van der Waals surface area (Å²) in [5.41, 5.74) is 1.66. The maximum Gasteiger partial charge on any atom is 0.246 e. The highest BCUT2D eigenvalue weighted by molar-refractivity contribution is 6.32. The number of hydrogen-bond donors (Lipinski definition) is 1. The van der Waals surface area contributed by atoms with Crippen molar-refractivity contribution in [3.63, 3.8) is 0 Å². The summed E-state index contributed by atoms with van der Waals surface area (Å²) in [5, 5.41) is 3.48. The van der Waals surface area contributed by atoms with Gasteiger partial charge in [-0.25, -0.2) is 0 Å². The fraction of sp³-hybridized carbons (Fsp3) is 0.350. The molecule has 0 aliphatic carbocycles. The summed E-state index contributed by atoms with van der Waals surface area (Å²) >= 11 is 6.18. The average molecular weight is 374 g/mol. The first-order chi connectivity index (χ1) is 12.6. The Labute approximate surface area is 159 Å². The molecule has 138 valence electrons. The lowest BCUT2D eigenvalue weighted by Crippen LogP contribution is -2.48. The molecule has 0 unspecified atom stereocenters. The summed E-state index contributed by atoms with van der Waals surface area (Å²) < 4.78 is 5.17. The summed E-state index contributed by atoms with van der Waals surface area (Å²) in [7, 11) is 3.67. The molecule has 0 saturated carbocycles. The lowest BCUT2D eigenvalue weighted by atomic mass is 10.0. The van der Waals surface area contributed by atoms with Crippen LogP contribution in [0.3, 0.4) is 0 Å². The molecule has 1 heterocycles. The van der Waals surface area contributed by atoms with Crippen molar-refractivity contribution < 1.29 is 9.53 Å². The van der Waals surface area contributed by atoms with Gasteiger partial charge in [0.15, 0.2) is 0 Å². The molecule has 1 N–H and O–H groups in total. The fourth-order valence-corrected chi connectivity index (χ4v) is 3.46. The van der Waals surface area contributed by atoms with Gasteiger partial charge in [-0.15, -0.1) is 0 Å². The zero-order chi connectivity index (χ0) is 18.5. The molecule has 0 radical (unpaired) electrons. The van der Waals surface area contributed by atoms with Gasteiger partial charge in [-0.1, -0.05) is 41.9 Å². The molecule has 1 fully saturated rings. The van der Waals surface area contributed by atoms with Crippen LogP contribution in [0.5, 0.6) is 5.75 Å². The van der Waals surface area contributed by atoms with E-state index in [1.54, 1.807) is 25.3 Å². The highest BCUT2D eigenvalue weighted by atomic mass is 35.5. The van der Waals surface area contributed by atoms with E-state index in [1.807, 2.05) is 30.3 Å². The number of carbonyl (C=O) groups is 1. The van der Waals surface area contributed by atoms with E-state index >= 15 is 0 Å². The summed E-state index contributed by atoms with van der Waals surface area (Å²) in [6.45, 7) is 3.61. The topological polar surface area (TPSA) is 44.8 Å². The molecule has 26 heavy (non-hydrogen) atoms. The summed E-state index contributed by atoms with van der Waals surface area (Å²) in [5.74, 6) is 0.533. The van der Waals surface area contributed by atoms with E-state index in [0.717, 1.165) is 31.7 Å². The number of amides is 1. The Kier molecular flexibility index (Phi) is 6.14. The van der Waals surface area contributed by atoms with E-state index in [4.69, 9.17) is 16.3 Å². The highest BCUT2D eigenvalue weighted by Crippen LogP contribution is 2.29. The van der Waals surface area contributed by atoms with E-state index in [2.05, 4.69) is 22.2 Å². The number of rotatable bonds is 5. The van der Waals surface area contributed by atoms with Gasteiger partial charge in [0.1, 0.15) is 11.8 Å². The molecular weight excluding hydrogens is 350 g/mol. The second-order valence-electron chi connectivity index (χ2n) is 6.49. The monoisotopic (exact) mass is 373 g/mol. The number of likely N-dealkylation sites (N-methyl/N-ethyl adjacent to an activating group) is 1. The second kappa shape index (κ2) is 8.54. The number of carbonyl (C=O) groups excluding carboxylic acids is 1. The molecule has 0 bridgehead atoms. The van der Waals surface area contributed by atoms with Crippen LogP contribution in [0.4, 0.5) is 5.69 Å². The van der Waals surface area contributed by atoms with Crippen LogP contribution < -0.4 is 10.1 Å². The summed E-state index contributed by atoms with van der Waals surface area (Å²) in [6.07, 6.45) is 0. The zero-order valence-corrected chi connectivity index (χ0v) is 15.9. The van der Waals surface area contributed by atoms with Crippen LogP contribution in [0.1, 0.15) is 11.6 Å². The minimum Gasteiger partial charge on any atom is -0.495 e. The van der Waals surface area contributed by atoms with Crippen molar-refractivity contribution >= 4 is 23.2 Å². The van der Waals surface area contributed by atoms with E-state index in [1.165, 1.54) is 0 Å². The molecule has 1 aliphatic heterocycles. The molecule has 0 spiro atoms. The standard InChI is InChI=1S/C20H24ClN3O2/c1-23-10-12-24(13-11-23)19(15-6-4-3-5-7-15)20(25)22-16-8-9-18(26-2)17(21)14-16/h3-9,14,19H,10-13H2,1-2H3,(H,22,25)/t19-/m1/s1. The van der Waals surface area contributed by atoms with Gasteiger partial charge in [-0.3, -0.25) is 9.69 Å². The minimum absolute atomic E-state index is 0.0537. The van der Waals surface area contributed by atoms with Gasteiger partial charge in [0, 0.05) is 31.9 Å². The maximum atomic E-state index is 13.1. The summed E-state index contributed by atoms with van der Waals surface area (Å²) in [4.78, 5) is 17.6. The molecule has 2 aromatic carbocycles. The molecule has 1 amide bonds. The molecule has 0 aromatic heterocycles. The Morgan fingerprint density at radius 1 is 1.12 bits per heavy atom. The zero-order valence-electron chi connectivity index (χ0n) is 15.1. The third-order valence-electron chi connectivity index (χ3n) is 4.69. The molecular formula is C20H24ClN3O2. The molecule has 6 heteroatoms. The first-order valence-corrected chi connectivity index (χ1v) is 9.08. The van der Waals surface area contributed by atoms with Crippen LogP contribution in [-0.2, 0) is 4.79 Å². The largest absolute Gasteiger partial charge is 0.495 e. The van der Waals surface area contributed by atoms with Crippen LogP contribution in [0, 0.1) is 0 Å². The smallest absolute Gasteiger partial charge is 0.246 e. The molecule has 1 atom stereocenters. The van der Waals surface area contributed by atoms with Gasteiger partial charge in [-0.2, -0.15) is 0 Å². The highest BCUT2D eigenvalue weighted by Gasteiger charge is 2.29. The Morgan fingerprint density at radius 2 is 1.81 bits per heavy atom. The predicted molar refractivity (Wildman–Crippen MR) is 105 cm³/mol. The van der Waals surface area contributed by atoms with Gasteiger partial charge in [0.2, 0.25) is 5.91 Å². The Balaban J connectivity index is 1.82. The van der Waals surface area contributed by atoms with Gasteiger partial charge >= 0.3 is 0 Å². The number of benzene rings is 2. The quantitative estimate of drug-likeness (QED) is 0.873. The van der Waals surface area contributed by atoms with Crippen LogP contribution in [0.25, 0.3) is 0 Å². The van der Waals surface area contributed by atoms with E-state index in [9.17, 15) is 4.79 Å². The summed E-state index contributed by atoms with van der Waals surface area (Å²) in [6, 6.07) is 14.8. The van der Waals surface area contributed by atoms with Crippen LogP contribution in [0.15, 0.2) is 48.5 Å². The second-order valence-corrected chi connectivity index (χ2v) is 6.90. The van der Waals surface area contributed by atoms with Gasteiger partial charge in [0.05, 0.1) is 12.1 Å². The van der Waals surface area contributed by atoms with Gasteiger partial charge in [-0.05, 0) is 30.8 Å². The van der Waals surface area contributed by atoms with Crippen molar-refractivity contribution in [3.8, 4) is 5.75 Å². The number of hydrogen-bond acceptors (Lipinski definition) is 4. The fourth-order valence-electron chi connectivity index (χ4n) is 3.20. The molecule has 2 aromatic rings. The number of piperazine rings is 1. The van der Waals surface area contributed by atoms with Crippen LogP contribution in [0.2, 0.25) is 5.02 Å². The minimum atomic E-state index is -0.328. The number of ether oxygens (including phenoxy) is 1. The third-order valence-corrected chi connectivity index (χ3v) is 4.98. The van der Waals surface area contributed by atoms with Crippen molar-refractivity contribution in [3.05, 3.63) is 59.1 Å². The van der Waals surface area contributed by atoms with E-state index in [-0.39, 0.29) is 11.9 Å². The Morgan fingerprint density at radius 3 is 2.42 bits per heavy atom. The number of halogens is 1. The van der Waals surface area contributed by atoms with Crippen molar-refractivity contribution in [2.24, 2.45) is 0 Å². The van der Waals surface area contributed by atoms with E-state index < -0.39 is 0 Å². The van der Waals surface area contributed by atoms with Gasteiger partial charge in [0.25, 0.3) is 0 Å². The first-order valence-electron chi connectivity index (χ1n) is 8.70. The lowest BCUT2D eigenvalue weighted by molar-refractivity contribution is -0.122. The average Bonchev–Trinajstić information content (AvgIpc) is 2.65. The molecule has 5 nitrogen and oxygen atoms in total. The van der Waals surface area contributed by atoms with E-state index in [0.29, 0.717) is 16.5 Å². The van der Waals surface area contributed by atoms with Crippen molar-refractivity contribution in [2.75, 3.05) is 45.7 Å². The van der Waals surface area contributed by atoms with Crippen molar-refractivity contribution in [1.82, 2.24) is 9.80 Å². The van der Waals surface area contributed by atoms with Crippen molar-refractivity contribution in [1.29, 1.82) is 0 Å². The molecule has 1 aliphatic rings. The van der Waals surface area contributed by atoms with Gasteiger partial charge < -0.3 is 15.0 Å². The SMILES string of the molecule is COc1ccc(NC(=O)[C@@H](c2ccccc2)N2CCN(C)CC2)cc1Cl. The normalized spacial score (nSPS) is 16.9.